The van der Waals surface area contributed by atoms with Gasteiger partial charge in [0.25, 0.3) is 0 Å². The molecule has 0 aromatic heterocycles. The van der Waals surface area contributed by atoms with Gasteiger partial charge in [-0.15, -0.1) is 0 Å². The van der Waals surface area contributed by atoms with Crippen molar-refractivity contribution in [2.24, 2.45) is 0 Å². The van der Waals surface area contributed by atoms with E-state index in [9.17, 15) is 0 Å². The van der Waals surface area contributed by atoms with Crippen molar-refractivity contribution in [2.45, 2.75) is 246 Å². The van der Waals surface area contributed by atoms with Crippen molar-refractivity contribution >= 4 is 0 Å². The topological polar surface area (TPSA) is 0 Å². The van der Waals surface area contributed by atoms with Gasteiger partial charge in [0.1, 0.15) is 0 Å². The Kier molecular flexibility index (Phi) is 36.2. The van der Waals surface area contributed by atoms with Crippen molar-refractivity contribution in [1.29, 1.82) is 0 Å². The van der Waals surface area contributed by atoms with Crippen LogP contribution in [-0.4, -0.2) is 0 Å². The molecule has 0 aliphatic carbocycles. The molecule has 0 N–H and O–H groups in total. The first-order valence-electron chi connectivity index (χ1n) is 20.2. The van der Waals surface area contributed by atoms with Gasteiger partial charge in [0, 0.05) is 0 Å². The summed E-state index contributed by atoms with van der Waals surface area (Å²) in [7, 11) is 0. The minimum atomic E-state index is 1.31. The summed E-state index contributed by atoms with van der Waals surface area (Å²) in [5.74, 6) is 0. The minimum Gasteiger partial charge on any atom is -0.0811 e. The minimum absolute atomic E-state index is 1.31. The second-order valence-electron chi connectivity index (χ2n) is 13.7. The number of rotatable bonds is 35. The second kappa shape index (κ2) is 36.7. The molecule has 0 aromatic carbocycles. The van der Waals surface area contributed by atoms with Crippen LogP contribution in [0.4, 0.5) is 0 Å². The van der Waals surface area contributed by atoms with E-state index in [4.69, 9.17) is 0 Å². The largest absolute Gasteiger partial charge is 0.0811 e. The summed E-state index contributed by atoms with van der Waals surface area (Å²) in [5, 5.41) is 0. The molecule has 0 spiro atoms. The van der Waals surface area contributed by atoms with E-state index < -0.39 is 0 Å². The first-order valence-corrected chi connectivity index (χ1v) is 20.2. The lowest BCUT2D eigenvalue weighted by molar-refractivity contribution is 0.568. The molecule has 0 heteroatoms. The lowest BCUT2D eigenvalue weighted by atomic mass is 9.91. The van der Waals surface area contributed by atoms with Crippen molar-refractivity contribution < 1.29 is 0 Å². The third-order valence-electron chi connectivity index (χ3n) is 9.41. The van der Waals surface area contributed by atoms with Crippen LogP contribution in [0.15, 0.2) is 23.3 Å². The van der Waals surface area contributed by atoms with E-state index in [2.05, 4.69) is 39.8 Å². The lowest BCUT2D eigenvalue weighted by Crippen LogP contribution is -1.95. The lowest BCUT2D eigenvalue weighted by Gasteiger charge is -2.14. The number of unbranched alkanes of at least 4 members (excludes halogenated alkanes) is 28. The first kappa shape index (κ1) is 41.5. The smallest absolute Gasteiger partial charge is 0.0279 e. The average Bonchev–Trinajstić information content (AvgIpc) is 3.00. The van der Waals surface area contributed by atoms with Gasteiger partial charge < -0.3 is 0 Å². The van der Waals surface area contributed by atoms with Crippen LogP contribution in [0.5, 0.6) is 0 Å². The van der Waals surface area contributed by atoms with Crippen LogP contribution in [0.3, 0.4) is 0 Å². The maximum Gasteiger partial charge on any atom is -0.0279 e. The zero-order chi connectivity index (χ0) is 30.6. The van der Waals surface area contributed by atoms with E-state index in [1.54, 1.807) is 11.1 Å². The van der Waals surface area contributed by atoms with Crippen molar-refractivity contribution in [3.05, 3.63) is 23.3 Å². The van der Waals surface area contributed by atoms with Crippen LogP contribution in [0.1, 0.15) is 246 Å². The van der Waals surface area contributed by atoms with E-state index >= 15 is 0 Å². The maximum absolute atomic E-state index is 2.72. The summed E-state index contributed by atoms with van der Waals surface area (Å²) < 4.78 is 0. The van der Waals surface area contributed by atoms with E-state index in [-0.39, 0.29) is 0 Å². The van der Waals surface area contributed by atoms with Gasteiger partial charge in [-0.3, -0.25) is 0 Å². The maximum atomic E-state index is 2.72. The van der Waals surface area contributed by atoms with Crippen LogP contribution >= 0.6 is 0 Å². The fraction of sp³-hybridized carbons (Fsp3) is 0.905. The van der Waals surface area contributed by atoms with Gasteiger partial charge in [-0.2, -0.15) is 0 Å². The molecule has 0 saturated heterocycles. The Bertz CT molecular complexity index is 502. The van der Waals surface area contributed by atoms with Crippen LogP contribution in [0, 0.1) is 0 Å². The average molecular weight is 587 g/mol. The van der Waals surface area contributed by atoms with E-state index in [0.29, 0.717) is 0 Å². The monoisotopic (exact) mass is 587 g/mol. The molecule has 0 unspecified atom stereocenters. The summed E-state index contributed by atoms with van der Waals surface area (Å²) in [6.45, 7) is 9.30. The molecule has 0 bridgehead atoms. The van der Waals surface area contributed by atoms with Crippen molar-refractivity contribution in [3.63, 3.8) is 0 Å². The van der Waals surface area contributed by atoms with Crippen molar-refractivity contribution in [3.8, 4) is 0 Å². The number of hydrogen-bond acceptors (Lipinski definition) is 0. The first-order chi connectivity index (χ1) is 20.8. The zero-order valence-electron chi connectivity index (χ0n) is 30.2. The Morgan fingerprint density at radius 3 is 0.738 bits per heavy atom. The van der Waals surface area contributed by atoms with E-state index in [1.807, 2.05) is 0 Å². The fourth-order valence-corrected chi connectivity index (χ4v) is 6.44. The Labute approximate surface area is 268 Å². The fourth-order valence-electron chi connectivity index (χ4n) is 6.44. The van der Waals surface area contributed by atoms with Gasteiger partial charge >= 0.3 is 0 Å². The molecule has 0 aliphatic rings. The molecule has 0 saturated carbocycles. The van der Waals surface area contributed by atoms with Gasteiger partial charge in [0.05, 0.1) is 0 Å². The van der Waals surface area contributed by atoms with Crippen LogP contribution < -0.4 is 0 Å². The SMILES string of the molecule is CCCCCCCCCC=C(CCCCCCCCCC)C(=CCCCCCCCCC)CCCCCCCCCC. The van der Waals surface area contributed by atoms with Crippen LogP contribution in [0.2, 0.25) is 0 Å². The molecule has 42 heavy (non-hydrogen) atoms. The molecule has 0 rings (SSSR count). The zero-order valence-corrected chi connectivity index (χ0v) is 30.2. The third-order valence-corrected chi connectivity index (χ3v) is 9.41. The Hall–Kier alpha value is -0.520. The molecule has 0 heterocycles. The molecular weight excluding hydrogens is 504 g/mol. The highest BCUT2D eigenvalue weighted by Gasteiger charge is 2.07. The number of allylic oxidation sites excluding steroid dienone is 4. The standard InChI is InChI=1S/C42H82/c1-5-9-13-17-21-25-29-33-37-41(38-34-30-26-22-18-14-10-6-2)42(39-35-31-27-23-19-15-11-7-3)40-36-32-28-24-20-16-12-8-4/h37,39H,5-36,38,40H2,1-4H3. The van der Waals surface area contributed by atoms with Crippen molar-refractivity contribution in [2.75, 3.05) is 0 Å². The molecular formula is C42H82. The molecule has 0 nitrogen and oxygen atoms in total. The normalized spacial score (nSPS) is 12.5. The van der Waals surface area contributed by atoms with Gasteiger partial charge in [-0.25, -0.2) is 0 Å². The summed E-state index contributed by atoms with van der Waals surface area (Å²) in [6, 6.07) is 0. The predicted octanol–water partition coefficient (Wildman–Crippen LogP) is 16.2. The molecule has 0 amide bonds. The third kappa shape index (κ3) is 30.9. The summed E-state index contributed by atoms with van der Waals surface area (Å²) in [5.41, 5.74) is 3.52. The molecule has 0 atom stereocenters. The molecule has 0 radical (unpaired) electrons. The van der Waals surface area contributed by atoms with Crippen LogP contribution in [-0.2, 0) is 0 Å². The second-order valence-corrected chi connectivity index (χ2v) is 13.7. The van der Waals surface area contributed by atoms with E-state index in [1.165, 1.54) is 218 Å². The van der Waals surface area contributed by atoms with E-state index in [0.717, 1.165) is 0 Å². The van der Waals surface area contributed by atoms with Crippen LogP contribution in [0.25, 0.3) is 0 Å². The molecule has 0 fully saturated rings. The molecule has 250 valence electrons. The highest BCUT2D eigenvalue weighted by molar-refractivity contribution is 5.31. The van der Waals surface area contributed by atoms with Gasteiger partial charge in [0.2, 0.25) is 0 Å². The summed E-state index contributed by atoms with van der Waals surface area (Å²) in [6.07, 6.45) is 53.5. The van der Waals surface area contributed by atoms with Gasteiger partial charge in [-0.05, 0) is 62.5 Å². The molecule has 0 aromatic rings. The highest BCUT2D eigenvalue weighted by atomic mass is 14.1. The predicted molar refractivity (Wildman–Crippen MR) is 196 cm³/mol. The highest BCUT2D eigenvalue weighted by Crippen LogP contribution is 2.27. The number of hydrogen-bond donors (Lipinski definition) is 0. The Morgan fingerprint density at radius 2 is 0.476 bits per heavy atom. The van der Waals surface area contributed by atoms with Gasteiger partial charge in [0.15, 0.2) is 0 Å². The summed E-state index contributed by atoms with van der Waals surface area (Å²) in [4.78, 5) is 0. The Morgan fingerprint density at radius 1 is 0.262 bits per heavy atom. The van der Waals surface area contributed by atoms with Crippen molar-refractivity contribution in [1.82, 2.24) is 0 Å². The summed E-state index contributed by atoms with van der Waals surface area (Å²) >= 11 is 0. The van der Waals surface area contributed by atoms with Gasteiger partial charge in [-0.1, -0.05) is 207 Å². The quantitative estimate of drug-likeness (QED) is 0.0512. The Balaban J connectivity index is 4.97. The molecule has 0 aliphatic heterocycles.